The summed E-state index contributed by atoms with van der Waals surface area (Å²) in [6.07, 6.45) is 6.02. The van der Waals surface area contributed by atoms with Crippen LogP contribution in [0.2, 0.25) is 0 Å². The highest BCUT2D eigenvalue weighted by atomic mass is 32.1. The second-order valence-corrected chi connectivity index (χ2v) is 5.78. The third-order valence-electron chi connectivity index (χ3n) is 3.53. The predicted molar refractivity (Wildman–Crippen MR) is 69.4 cm³/mol. The van der Waals surface area contributed by atoms with Gasteiger partial charge in [-0.05, 0) is 50.3 Å². The summed E-state index contributed by atoms with van der Waals surface area (Å²) in [5.74, 6) is -1.04. The number of hydrogen-bond donors (Lipinski definition) is 0. The van der Waals surface area contributed by atoms with Crippen LogP contribution in [0.1, 0.15) is 39.3 Å². The molecule has 0 fully saturated rings. The lowest BCUT2D eigenvalue weighted by Crippen LogP contribution is -2.25. The van der Waals surface area contributed by atoms with E-state index >= 15 is 0 Å². The van der Waals surface area contributed by atoms with E-state index in [1.807, 2.05) is 29.8 Å². The van der Waals surface area contributed by atoms with Crippen LogP contribution >= 0.6 is 11.3 Å². The van der Waals surface area contributed by atoms with E-state index in [4.69, 9.17) is 0 Å². The molecule has 0 aliphatic heterocycles. The molecule has 4 heteroatoms. The Balaban J connectivity index is 2.23. The molecule has 0 aromatic carbocycles. The van der Waals surface area contributed by atoms with Gasteiger partial charge in [-0.1, -0.05) is 0 Å². The van der Waals surface area contributed by atoms with Crippen molar-refractivity contribution >= 4 is 17.3 Å². The second-order valence-electron chi connectivity index (χ2n) is 4.70. The van der Waals surface area contributed by atoms with E-state index < -0.39 is 5.97 Å². The first-order chi connectivity index (χ1) is 8.68. The third-order valence-corrected chi connectivity index (χ3v) is 4.82. The molecule has 1 aliphatic carbocycles. The maximum atomic E-state index is 11.4. The number of aryl methyl sites for hydroxylation is 2. The van der Waals surface area contributed by atoms with Crippen molar-refractivity contribution in [2.75, 3.05) is 0 Å². The summed E-state index contributed by atoms with van der Waals surface area (Å²) < 4.78 is 1.95. The van der Waals surface area contributed by atoms with Crippen molar-refractivity contribution < 1.29 is 9.90 Å². The molecule has 0 unspecified atom stereocenters. The number of fused-ring (bicyclic) bond motifs is 1. The Labute approximate surface area is 110 Å². The zero-order chi connectivity index (χ0) is 12.7. The quantitative estimate of drug-likeness (QED) is 0.830. The lowest BCUT2D eigenvalue weighted by atomic mass is 9.95. The van der Waals surface area contributed by atoms with E-state index in [1.54, 1.807) is 11.3 Å². The van der Waals surface area contributed by atoms with E-state index in [0.29, 0.717) is 5.56 Å². The normalized spacial score (nSPS) is 14.5. The first-order valence-electron chi connectivity index (χ1n) is 6.18. The minimum atomic E-state index is -1.04. The van der Waals surface area contributed by atoms with E-state index in [-0.39, 0.29) is 0 Å². The Kier molecular flexibility index (Phi) is 2.74. The molecule has 3 rings (SSSR count). The summed E-state index contributed by atoms with van der Waals surface area (Å²) in [7, 11) is 0. The van der Waals surface area contributed by atoms with Gasteiger partial charge in [0.05, 0.1) is 5.97 Å². The first kappa shape index (κ1) is 11.5. The van der Waals surface area contributed by atoms with Gasteiger partial charge in [0, 0.05) is 22.3 Å². The zero-order valence-electron chi connectivity index (χ0n) is 10.2. The fourth-order valence-electron chi connectivity index (χ4n) is 2.63. The Morgan fingerprint density at radius 2 is 2.17 bits per heavy atom. The van der Waals surface area contributed by atoms with Crippen LogP contribution in [0.15, 0.2) is 18.3 Å². The number of carbonyl (C=O) groups is 1. The van der Waals surface area contributed by atoms with Crippen LogP contribution < -0.4 is 5.11 Å². The Hall–Kier alpha value is -1.55. The minimum Gasteiger partial charge on any atom is -0.545 e. The standard InChI is InChI=1S/C14H15NO2S/c1-9-5-4-8-15(9)13-12(14(16)17)10-6-2-3-7-11(10)18-13/h4-5,8H,2-3,6-7H2,1H3,(H,16,17)/p-1. The van der Waals surface area contributed by atoms with Crippen LogP contribution in [0, 0.1) is 6.92 Å². The largest absolute Gasteiger partial charge is 0.545 e. The van der Waals surface area contributed by atoms with Crippen molar-refractivity contribution in [3.05, 3.63) is 40.0 Å². The summed E-state index contributed by atoms with van der Waals surface area (Å²) in [6, 6.07) is 3.92. The number of aromatic carboxylic acids is 1. The third kappa shape index (κ3) is 1.68. The number of carbonyl (C=O) groups excluding carboxylic acids is 1. The molecule has 0 bridgehead atoms. The molecule has 0 radical (unpaired) electrons. The van der Waals surface area contributed by atoms with Gasteiger partial charge < -0.3 is 14.5 Å². The lowest BCUT2D eigenvalue weighted by molar-refractivity contribution is -0.255. The summed E-state index contributed by atoms with van der Waals surface area (Å²) in [5.41, 5.74) is 2.47. The van der Waals surface area contributed by atoms with Gasteiger partial charge in [-0.25, -0.2) is 0 Å². The molecule has 94 valence electrons. The minimum absolute atomic E-state index is 0.411. The monoisotopic (exact) mass is 260 g/mol. The number of hydrogen-bond acceptors (Lipinski definition) is 3. The van der Waals surface area contributed by atoms with Gasteiger partial charge in [-0.3, -0.25) is 0 Å². The maximum Gasteiger partial charge on any atom is 0.109 e. The lowest BCUT2D eigenvalue weighted by Gasteiger charge is -2.13. The van der Waals surface area contributed by atoms with Crippen LogP contribution in [0.25, 0.3) is 5.00 Å². The molecular formula is C14H14NO2S-. The Bertz CT molecular complexity index is 609. The van der Waals surface area contributed by atoms with Gasteiger partial charge in [0.25, 0.3) is 0 Å². The highest BCUT2D eigenvalue weighted by Crippen LogP contribution is 2.37. The Morgan fingerprint density at radius 1 is 1.39 bits per heavy atom. The molecule has 1 aliphatic rings. The molecule has 2 aromatic rings. The summed E-state index contributed by atoms with van der Waals surface area (Å²) in [6.45, 7) is 1.98. The number of thiophene rings is 1. The van der Waals surface area contributed by atoms with E-state index in [0.717, 1.165) is 41.9 Å². The fraction of sp³-hybridized carbons (Fsp3) is 0.357. The summed E-state index contributed by atoms with van der Waals surface area (Å²) in [5, 5.41) is 12.3. The first-order valence-corrected chi connectivity index (χ1v) is 7.00. The number of carboxylic acid groups (broad SMARTS) is 1. The van der Waals surface area contributed by atoms with Gasteiger partial charge in [-0.2, -0.15) is 0 Å². The molecule has 0 spiro atoms. The van der Waals surface area contributed by atoms with Crippen molar-refractivity contribution in [3.63, 3.8) is 0 Å². The zero-order valence-corrected chi connectivity index (χ0v) is 11.0. The van der Waals surface area contributed by atoms with Crippen molar-refractivity contribution in [1.82, 2.24) is 4.57 Å². The molecule has 0 N–H and O–H groups in total. The topological polar surface area (TPSA) is 45.1 Å². The van der Waals surface area contributed by atoms with Crippen molar-refractivity contribution in [3.8, 4) is 5.00 Å². The molecule has 0 amide bonds. The van der Waals surface area contributed by atoms with Crippen molar-refractivity contribution in [2.24, 2.45) is 0 Å². The molecule has 0 saturated carbocycles. The number of rotatable bonds is 2. The average Bonchev–Trinajstić information content (AvgIpc) is 2.91. The number of nitrogens with zero attached hydrogens (tertiary/aromatic N) is 1. The highest BCUT2D eigenvalue weighted by Gasteiger charge is 2.22. The predicted octanol–water partition coefficient (Wildman–Crippen LogP) is 2.09. The van der Waals surface area contributed by atoms with Gasteiger partial charge >= 0.3 is 0 Å². The number of carboxylic acids is 1. The van der Waals surface area contributed by atoms with Crippen LogP contribution in [0.5, 0.6) is 0 Å². The van der Waals surface area contributed by atoms with E-state index in [1.165, 1.54) is 4.88 Å². The van der Waals surface area contributed by atoms with Crippen LogP contribution in [0.3, 0.4) is 0 Å². The van der Waals surface area contributed by atoms with Crippen LogP contribution in [-0.2, 0) is 12.8 Å². The van der Waals surface area contributed by atoms with Crippen LogP contribution in [-0.4, -0.2) is 10.5 Å². The summed E-state index contributed by atoms with van der Waals surface area (Å²) >= 11 is 1.60. The molecular weight excluding hydrogens is 246 g/mol. The average molecular weight is 260 g/mol. The SMILES string of the molecule is Cc1cccn1-c1sc2c(c1C(=O)[O-])CCCC2. The Morgan fingerprint density at radius 3 is 2.83 bits per heavy atom. The smallest absolute Gasteiger partial charge is 0.109 e. The molecule has 2 heterocycles. The van der Waals surface area contributed by atoms with E-state index in [2.05, 4.69) is 0 Å². The van der Waals surface area contributed by atoms with Gasteiger partial charge in [0.2, 0.25) is 0 Å². The second kappa shape index (κ2) is 4.28. The molecule has 18 heavy (non-hydrogen) atoms. The van der Waals surface area contributed by atoms with Crippen molar-refractivity contribution in [1.29, 1.82) is 0 Å². The van der Waals surface area contributed by atoms with Gasteiger partial charge in [0.1, 0.15) is 5.00 Å². The molecule has 3 nitrogen and oxygen atoms in total. The fourth-order valence-corrected chi connectivity index (χ4v) is 4.04. The molecule has 0 atom stereocenters. The van der Waals surface area contributed by atoms with Crippen molar-refractivity contribution in [2.45, 2.75) is 32.6 Å². The maximum absolute atomic E-state index is 11.4. The van der Waals surface area contributed by atoms with Gasteiger partial charge in [-0.15, -0.1) is 11.3 Å². The van der Waals surface area contributed by atoms with Gasteiger partial charge in [0.15, 0.2) is 0 Å². The van der Waals surface area contributed by atoms with E-state index in [9.17, 15) is 9.90 Å². The highest BCUT2D eigenvalue weighted by molar-refractivity contribution is 7.15. The number of aromatic nitrogens is 1. The molecule has 2 aromatic heterocycles. The van der Waals surface area contributed by atoms with Crippen LogP contribution in [0.4, 0.5) is 0 Å². The summed E-state index contributed by atoms with van der Waals surface area (Å²) in [4.78, 5) is 12.7. The molecule has 0 saturated heterocycles.